The monoisotopic (exact) mass is 673 g/mol. The molecule has 10 N–H and O–H groups in total. The molecule has 256 valence electrons. The number of nitrogens with zero attached hydrogens (tertiary/aromatic N) is 3. The maximum Gasteiger partial charge on any atom is 0.243 e. The predicted octanol–water partition coefficient (Wildman–Crippen LogP) is -1.12. The van der Waals surface area contributed by atoms with Crippen molar-refractivity contribution in [1.29, 1.82) is 0 Å². The number of aliphatic hydroxyl groups excluding tert-OH is 1. The first-order valence-electron chi connectivity index (χ1n) is 14.8. The van der Waals surface area contributed by atoms with E-state index < -0.39 is 77.7 Å². The third kappa shape index (κ3) is 15.3. The van der Waals surface area contributed by atoms with Crippen LogP contribution in [0.5, 0.6) is 5.75 Å². The van der Waals surface area contributed by atoms with E-state index in [1.54, 1.807) is 42.5 Å². The van der Waals surface area contributed by atoms with E-state index >= 15 is 0 Å². The lowest BCUT2D eigenvalue weighted by molar-refractivity contribution is -0.131. The Morgan fingerprint density at radius 3 is 2.17 bits per heavy atom. The third-order valence-corrected chi connectivity index (χ3v) is 8.94. The molecule has 2 unspecified atom stereocenters. The highest BCUT2D eigenvalue weighted by molar-refractivity contribution is 8.16. The molecule has 16 nitrogen and oxygen atoms in total. The Hall–Kier alpha value is -4.83. The van der Waals surface area contributed by atoms with Gasteiger partial charge in [-0.2, -0.15) is 0 Å². The minimum Gasteiger partial charge on any atom is -0.508 e. The number of carbonyl (C=O) groups excluding carboxylic acids is 5. The summed E-state index contributed by atoms with van der Waals surface area (Å²) < 4.78 is 0. The summed E-state index contributed by atoms with van der Waals surface area (Å²) in [5.41, 5.74) is 21.3. The van der Waals surface area contributed by atoms with Crippen LogP contribution in [0.25, 0.3) is 10.4 Å². The molecule has 0 spiro atoms. The molecule has 0 heterocycles. The van der Waals surface area contributed by atoms with Crippen LogP contribution in [-0.2, 0) is 36.8 Å². The average Bonchev–Trinajstić information content (AvgIpc) is 3.04. The number of phenolic OH excluding ortho intramolecular Hbond substituents is 1. The molecule has 0 radical (unpaired) electrons. The van der Waals surface area contributed by atoms with E-state index in [2.05, 4.69) is 31.3 Å². The molecule has 0 aliphatic rings. The topological polar surface area (TPSA) is 275 Å². The first-order chi connectivity index (χ1) is 22.4. The standard InChI is InChI=1S/C30H43N9O7S/c1-47(18-22(41)15-36-39-33)12-11-24(28(32)44)38-30(46)25(14-19-5-3-2-4-6-19)37-27(43)17-34-26(42)16-35-29(45)23(31)13-20-7-9-21(40)10-8-20/h2-10,22-25,40-41,47H,11-18,31H2,1H3,(H2,32,44)(H,34,42)(H,35,45)(H,37,43)(H,38,46)/t22?,23-,24-,25-/m0/s1. The SMILES string of the molecule is C[SH](CC[C@H](NC(=O)[C@H](Cc1ccccc1)NC(=O)CNC(=O)CNC(=O)[C@@H](N)Cc1ccc(O)cc1)C(N)=O)CC(O)CN=[N+]=[N-]. The molecular weight excluding hydrogens is 630 g/mol. The van der Waals surface area contributed by atoms with Crippen LogP contribution in [0.15, 0.2) is 59.7 Å². The number of phenols is 1. The molecule has 0 aliphatic carbocycles. The summed E-state index contributed by atoms with van der Waals surface area (Å²) in [4.78, 5) is 65.5. The average molecular weight is 674 g/mol. The highest BCUT2D eigenvalue weighted by Gasteiger charge is 2.26. The Kier molecular flexibility index (Phi) is 16.6. The molecule has 2 aromatic rings. The van der Waals surface area contributed by atoms with Crippen LogP contribution in [-0.4, -0.2) is 101 Å². The number of benzene rings is 2. The van der Waals surface area contributed by atoms with Crippen LogP contribution < -0.4 is 32.7 Å². The zero-order valence-electron chi connectivity index (χ0n) is 26.0. The highest BCUT2D eigenvalue weighted by atomic mass is 32.2. The minimum atomic E-state index is -1.12. The number of nitrogens with one attached hydrogen (secondary N) is 4. The molecule has 5 amide bonds. The van der Waals surface area contributed by atoms with Gasteiger partial charge in [0, 0.05) is 17.1 Å². The van der Waals surface area contributed by atoms with Gasteiger partial charge in [-0.1, -0.05) is 47.6 Å². The fraction of sp³-hybridized carbons (Fsp3) is 0.433. The van der Waals surface area contributed by atoms with Crippen LogP contribution in [0.1, 0.15) is 17.5 Å². The van der Waals surface area contributed by atoms with Crippen LogP contribution in [0, 0.1) is 0 Å². The molecule has 47 heavy (non-hydrogen) atoms. The van der Waals surface area contributed by atoms with E-state index in [-0.39, 0.29) is 31.6 Å². The maximum atomic E-state index is 13.3. The second-order valence-electron chi connectivity index (χ2n) is 10.9. The van der Waals surface area contributed by atoms with Gasteiger partial charge in [-0.3, -0.25) is 34.9 Å². The fourth-order valence-electron chi connectivity index (χ4n) is 4.37. The summed E-state index contributed by atoms with van der Waals surface area (Å²) in [6.45, 7) is -0.998. The van der Waals surface area contributed by atoms with Gasteiger partial charge in [0.15, 0.2) is 0 Å². The summed E-state index contributed by atoms with van der Waals surface area (Å²) in [5, 5.41) is 32.7. The summed E-state index contributed by atoms with van der Waals surface area (Å²) in [7, 11) is -0.767. The Bertz CT molecular complexity index is 1390. The number of primary amides is 1. The van der Waals surface area contributed by atoms with Gasteiger partial charge in [-0.05, 0) is 53.6 Å². The van der Waals surface area contributed by atoms with Crippen molar-refractivity contribution in [2.24, 2.45) is 16.6 Å². The molecule has 0 saturated heterocycles. The second-order valence-corrected chi connectivity index (χ2v) is 13.4. The van der Waals surface area contributed by atoms with E-state index in [1.165, 1.54) is 12.1 Å². The molecular formula is C30H43N9O7S. The van der Waals surface area contributed by atoms with Gasteiger partial charge in [0.2, 0.25) is 29.5 Å². The number of hydrogen-bond acceptors (Lipinski definition) is 9. The fourth-order valence-corrected chi connectivity index (χ4v) is 6.09. The Balaban J connectivity index is 1.91. The number of thiol groups is 1. The zero-order valence-corrected chi connectivity index (χ0v) is 26.9. The van der Waals surface area contributed by atoms with Crippen molar-refractivity contribution in [1.82, 2.24) is 21.3 Å². The molecule has 0 bridgehead atoms. The van der Waals surface area contributed by atoms with Crippen molar-refractivity contribution in [2.75, 3.05) is 37.4 Å². The summed E-state index contributed by atoms with van der Waals surface area (Å²) in [6.07, 6.45) is 1.54. The van der Waals surface area contributed by atoms with E-state index in [1.807, 2.05) is 6.26 Å². The predicted molar refractivity (Wildman–Crippen MR) is 178 cm³/mol. The molecule has 2 rings (SSSR count). The molecule has 0 aromatic heterocycles. The van der Waals surface area contributed by atoms with Crippen LogP contribution >= 0.6 is 10.9 Å². The molecule has 0 fully saturated rings. The van der Waals surface area contributed by atoms with E-state index in [0.717, 1.165) is 11.1 Å². The number of aliphatic hydroxyl groups is 1. The second kappa shape index (κ2) is 20.3. The van der Waals surface area contributed by atoms with Crippen molar-refractivity contribution in [3.63, 3.8) is 0 Å². The van der Waals surface area contributed by atoms with Crippen LogP contribution in [0.3, 0.4) is 0 Å². The molecule has 2 aromatic carbocycles. The Labute approximate surface area is 275 Å². The van der Waals surface area contributed by atoms with Crippen molar-refractivity contribution in [3.05, 3.63) is 76.2 Å². The molecule has 17 heteroatoms. The highest BCUT2D eigenvalue weighted by Crippen LogP contribution is 2.23. The smallest absolute Gasteiger partial charge is 0.243 e. The number of aromatic hydroxyl groups is 1. The molecule has 0 aliphatic heterocycles. The minimum absolute atomic E-state index is 0.0641. The van der Waals surface area contributed by atoms with Gasteiger partial charge in [0.25, 0.3) is 0 Å². The normalized spacial score (nSPS) is 14.2. The lowest BCUT2D eigenvalue weighted by Crippen LogP contribution is -2.55. The Morgan fingerprint density at radius 2 is 1.53 bits per heavy atom. The van der Waals surface area contributed by atoms with Crippen molar-refractivity contribution < 1.29 is 34.2 Å². The summed E-state index contributed by atoms with van der Waals surface area (Å²) in [6, 6.07) is 11.9. The van der Waals surface area contributed by atoms with Gasteiger partial charge in [-0.25, -0.2) is 0 Å². The van der Waals surface area contributed by atoms with Gasteiger partial charge in [-0.15, -0.1) is 0 Å². The van der Waals surface area contributed by atoms with Gasteiger partial charge >= 0.3 is 0 Å². The van der Waals surface area contributed by atoms with Gasteiger partial charge in [0.1, 0.15) is 17.8 Å². The maximum absolute atomic E-state index is 13.3. The van der Waals surface area contributed by atoms with Gasteiger partial charge < -0.3 is 42.9 Å². The van der Waals surface area contributed by atoms with Crippen LogP contribution in [0.4, 0.5) is 0 Å². The zero-order chi connectivity index (χ0) is 34.8. The number of amides is 5. The van der Waals surface area contributed by atoms with E-state index in [9.17, 15) is 34.2 Å². The number of hydrogen-bond donors (Lipinski definition) is 9. The number of carbonyl (C=O) groups is 5. The van der Waals surface area contributed by atoms with Crippen molar-refractivity contribution in [2.45, 2.75) is 43.5 Å². The quantitative estimate of drug-likeness (QED) is 0.0359. The first kappa shape index (κ1) is 38.4. The third-order valence-electron chi connectivity index (χ3n) is 6.87. The van der Waals surface area contributed by atoms with E-state index in [0.29, 0.717) is 11.5 Å². The summed E-state index contributed by atoms with van der Waals surface area (Å²) in [5.74, 6) is -2.42. The first-order valence-corrected chi connectivity index (χ1v) is 16.9. The summed E-state index contributed by atoms with van der Waals surface area (Å²) >= 11 is 0. The number of nitrogens with two attached hydrogens (primary N) is 2. The largest absolute Gasteiger partial charge is 0.508 e. The Morgan fingerprint density at radius 1 is 0.894 bits per heavy atom. The lowest BCUT2D eigenvalue weighted by atomic mass is 10.0. The van der Waals surface area contributed by atoms with Crippen molar-refractivity contribution >= 4 is 40.4 Å². The van der Waals surface area contributed by atoms with E-state index in [4.69, 9.17) is 17.0 Å². The van der Waals surface area contributed by atoms with Crippen LogP contribution in [0.2, 0.25) is 0 Å². The molecule has 0 saturated carbocycles. The van der Waals surface area contributed by atoms with Crippen molar-refractivity contribution in [3.8, 4) is 5.75 Å². The number of azide groups is 1. The van der Waals surface area contributed by atoms with Gasteiger partial charge in [0.05, 0.1) is 31.8 Å². The molecule has 5 atom stereocenters. The lowest BCUT2D eigenvalue weighted by Gasteiger charge is -2.24. The number of rotatable bonds is 20.